The van der Waals surface area contributed by atoms with Crippen LogP contribution in [0.2, 0.25) is 0 Å². The molecule has 0 aliphatic heterocycles. The van der Waals surface area contributed by atoms with E-state index in [0.29, 0.717) is 0 Å². The van der Waals surface area contributed by atoms with Crippen molar-refractivity contribution < 1.29 is 104 Å². The summed E-state index contributed by atoms with van der Waals surface area (Å²) in [6, 6.07) is 0. The maximum atomic E-state index is 7.81. The van der Waals surface area contributed by atoms with Gasteiger partial charge in [0.25, 0.3) is 0 Å². The summed E-state index contributed by atoms with van der Waals surface area (Å²) in [6.07, 6.45) is 0. The summed E-state index contributed by atoms with van der Waals surface area (Å²) in [5.41, 5.74) is 0. The van der Waals surface area contributed by atoms with Gasteiger partial charge in [0.15, 0.2) is 0 Å². The average Bonchev–Trinajstić information content (AvgIpc) is 1.00. The van der Waals surface area contributed by atoms with Crippen molar-refractivity contribution >= 4 is 0 Å². The van der Waals surface area contributed by atoms with E-state index in [1.807, 2.05) is 0 Å². The molecule has 0 saturated heterocycles. The van der Waals surface area contributed by atoms with Gasteiger partial charge in [-0.15, -0.1) is 0 Å². The van der Waals surface area contributed by atoms with Crippen LogP contribution in [0.3, 0.4) is 0 Å². The Hall–Kier alpha value is 1.64. The molecule has 0 saturated carbocycles. The molecule has 0 bridgehead atoms. The Kier molecular flexibility index (Phi) is 16600. The van der Waals surface area contributed by atoms with Gasteiger partial charge in [-0.3, -0.25) is 0 Å². The van der Waals surface area contributed by atoms with Gasteiger partial charge in [-0.1, -0.05) is 7.43 Å². The molecule has 0 unspecified atom stereocenters. The Labute approximate surface area is 111 Å². The van der Waals surface area contributed by atoms with Crippen molar-refractivity contribution in [1.82, 2.24) is 0 Å². The van der Waals surface area contributed by atoms with Crippen molar-refractivity contribution in [2.45, 2.75) is 7.43 Å². The van der Waals surface area contributed by atoms with Crippen LogP contribution in [0.4, 0.5) is 0 Å². The maximum absolute atomic E-state index is 7.81. The fourth-order valence-electron chi connectivity index (χ4n) is 0. The van der Waals surface area contributed by atoms with Gasteiger partial charge in [-0.25, -0.2) is 0 Å². The third kappa shape index (κ3) is 491. The zero-order valence-electron chi connectivity index (χ0n) is 4.40. The monoisotopic (exact) mass is 388 g/mol. The molecule has 0 aromatic heterocycles. The molecule has 8 N–H and O–H groups in total. The Morgan fingerprint density at radius 2 is 0.667 bits per heavy atom. The third-order valence-electron chi connectivity index (χ3n) is 0. The molecule has 0 spiro atoms. The summed E-state index contributed by atoms with van der Waals surface area (Å²) in [5, 5.41) is 0. The first-order valence-corrected chi connectivity index (χ1v) is 0.508. The quantitative estimate of drug-likeness (QED) is 0.436. The molecule has 0 amide bonds. The van der Waals surface area contributed by atoms with Crippen molar-refractivity contribution in [3.05, 3.63) is 0 Å². The van der Waals surface area contributed by atoms with E-state index in [-0.39, 0.29) is 91.5 Å². The first-order valence-electron chi connectivity index (χ1n) is 0.123. The molecule has 0 aromatic rings. The van der Waals surface area contributed by atoms with Crippen LogP contribution in [0, 0.1) is 0 Å². The number of hydrogen-bond acceptors (Lipinski definition) is 5. The standard InChI is InChI=1S/CH4.4Cu.6H2O.O/h1H4;;;;;6*1H2;/q;;;2*+2;;;;;;;/p-4. The molecule has 0 atom stereocenters. The van der Waals surface area contributed by atoms with Crippen molar-refractivity contribution in [2.24, 2.45) is 0 Å². The van der Waals surface area contributed by atoms with E-state index in [4.69, 9.17) is 3.83 Å². The molecule has 102 valence electrons. The third-order valence-corrected chi connectivity index (χ3v) is 0. The summed E-state index contributed by atoms with van der Waals surface area (Å²) in [5.74, 6) is 0. The SMILES string of the molecule is C.O.O.[Cu+2].[Cu+2].[Cu].[OH-].[OH-].[OH-].[OH-].[O]=[Cu]. The molecule has 11 heteroatoms. The number of hydrogen-bond donors (Lipinski definition) is 0. The van der Waals surface area contributed by atoms with E-state index in [1.165, 1.54) is 0 Å². The first-order chi connectivity index (χ1) is 1.00. The zero-order valence-corrected chi connectivity index (χ0v) is 8.17. The second-order valence-electron chi connectivity index (χ2n) is 0. The fraction of sp³-hybridized carbons (Fsp3) is 1.00. The van der Waals surface area contributed by atoms with E-state index >= 15 is 0 Å². The molecule has 0 rings (SSSR count). The molecule has 12 heavy (non-hydrogen) atoms. The molecule has 0 fully saturated rings. The molecule has 0 heterocycles. The van der Waals surface area contributed by atoms with Crippen LogP contribution < -0.4 is 0 Å². The van der Waals surface area contributed by atoms with Crippen molar-refractivity contribution in [3.63, 3.8) is 0 Å². The van der Waals surface area contributed by atoms with E-state index in [1.54, 1.807) is 0 Å². The van der Waals surface area contributed by atoms with Gasteiger partial charge in [-0.05, 0) is 0 Å². The summed E-state index contributed by atoms with van der Waals surface area (Å²) in [7, 11) is 0. The molecule has 0 aliphatic carbocycles. The van der Waals surface area contributed by atoms with Crippen molar-refractivity contribution in [2.75, 3.05) is 0 Å². The molecule has 7 nitrogen and oxygen atoms in total. The van der Waals surface area contributed by atoms with Crippen LogP contribution in [0.5, 0.6) is 0 Å². The van der Waals surface area contributed by atoms with Gasteiger partial charge < -0.3 is 32.9 Å². The molecule has 0 aliphatic rings. The van der Waals surface area contributed by atoms with Crippen molar-refractivity contribution in [3.8, 4) is 0 Å². The number of rotatable bonds is 0. The van der Waals surface area contributed by atoms with Crippen molar-refractivity contribution in [1.29, 1.82) is 0 Å². The van der Waals surface area contributed by atoms with Gasteiger partial charge in [0.05, 0.1) is 0 Å². The molecule has 0 aromatic carbocycles. The molecular weight excluding hydrogens is 378 g/mol. The van der Waals surface area contributed by atoms with Gasteiger partial charge in [0, 0.05) is 17.1 Å². The van der Waals surface area contributed by atoms with Crippen LogP contribution >= 0.6 is 0 Å². The fourth-order valence-corrected chi connectivity index (χ4v) is 0. The van der Waals surface area contributed by atoms with Crippen LogP contribution in [0.15, 0.2) is 0 Å². The van der Waals surface area contributed by atoms with Crippen LogP contribution in [0.1, 0.15) is 7.43 Å². The normalized spacial score (nSPS) is 0.500. The zero-order chi connectivity index (χ0) is 2.00. The average molecular weight is 390 g/mol. The van der Waals surface area contributed by atoms with Crippen LogP contribution in [-0.2, 0) is 71.0 Å². The Balaban J connectivity index is -0.000000000111. The summed E-state index contributed by atoms with van der Waals surface area (Å²) >= 11 is 2.94. The predicted molar refractivity (Wildman–Crippen MR) is 22.4 cm³/mol. The minimum absolute atomic E-state index is 0. The van der Waals surface area contributed by atoms with Crippen LogP contribution in [-0.4, -0.2) is 32.9 Å². The Morgan fingerprint density at radius 3 is 0.667 bits per heavy atom. The van der Waals surface area contributed by atoms with E-state index in [9.17, 15) is 0 Å². The van der Waals surface area contributed by atoms with Gasteiger partial charge in [-0.2, -0.15) is 0 Å². The van der Waals surface area contributed by atoms with Gasteiger partial charge >= 0.3 is 53.9 Å². The predicted octanol–water partition coefficient (Wildman–Crippen LogP) is -1.85. The molecular formula is CH12Cu4O7. The molecule has 3 radical (unpaired) electrons. The Bertz CT molecular complexity index is 15.4. The second kappa shape index (κ2) is 638. The summed E-state index contributed by atoms with van der Waals surface area (Å²) in [4.78, 5) is 0. The van der Waals surface area contributed by atoms with E-state index in [0.717, 1.165) is 0 Å². The van der Waals surface area contributed by atoms with Crippen LogP contribution in [0.25, 0.3) is 0 Å². The van der Waals surface area contributed by atoms with E-state index in [2.05, 4.69) is 15.9 Å². The summed E-state index contributed by atoms with van der Waals surface area (Å²) < 4.78 is 7.81. The minimum atomic E-state index is 0. The summed E-state index contributed by atoms with van der Waals surface area (Å²) in [6.45, 7) is 0. The Morgan fingerprint density at radius 1 is 0.667 bits per heavy atom. The second-order valence-corrected chi connectivity index (χ2v) is 0. The van der Waals surface area contributed by atoms with Gasteiger partial charge in [0.2, 0.25) is 0 Å². The first kappa shape index (κ1) is 313. The van der Waals surface area contributed by atoms with Gasteiger partial charge in [0.1, 0.15) is 0 Å². The van der Waals surface area contributed by atoms with E-state index < -0.39 is 0 Å². The topological polar surface area (TPSA) is 200 Å².